The van der Waals surface area contributed by atoms with Gasteiger partial charge in [0.05, 0.1) is 22.5 Å². The number of allylic oxidation sites excluding steroid dienone is 3. The number of nitrogens with zero attached hydrogens (tertiary/aromatic N) is 1. The third kappa shape index (κ3) is 5.16. The third-order valence-electron chi connectivity index (χ3n) is 12.1. The first-order valence-electron chi connectivity index (χ1n) is 19.9. The van der Waals surface area contributed by atoms with Crippen LogP contribution in [0, 0.1) is 5.41 Å². The Morgan fingerprint density at radius 2 is 0.983 bits per heavy atom. The Morgan fingerprint density at radius 3 is 1.66 bits per heavy atom. The Hall–Kier alpha value is -7.55. The van der Waals surface area contributed by atoms with Gasteiger partial charge in [0.15, 0.2) is 0 Å². The van der Waals surface area contributed by atoms with Gasteiger partial charge in [-0.2, -0.15) is 0 Å². The Bertz CT molecular complexity index is 3030. The van der Waals surface area contributed by atoms with Crippen LogP contribution in [0.3, 0.4) is 0 Å². The molecule has 0 amide bonds. The SMILES string of the molecule is N=C(/C=C(\C=C\c1ccccc1)c1ccccc1)c1ccc2c(c1)-c1ccccc1C21c2ccc3ccccc3c2N(c2ccccc2)c2c1ccc1ccccc21. The van der Waals surface area contributed by atoms with Crippen molar-refractivity contribution < 1.29 is 0 Å². The van der Waals surface area contributed by atoms with E-state index in [1.165, 1.54) is 66.3 Å². The molecule has 1 aliphatic heterocycles. The second kappa shape index (κ2) is 13.6. The molecule has 1 heterocycles. The van der Waals surface area contributed by atoms with Crippen LogP contribution in [0.4, 0.5) is 17.1 Å². The highest BCUT2D eigenvalue weighted by Crippen LogP contribution is 2.65. The molecule has 0 radical (unpaired) electrons. The van der Waals surface area contributed by atoms with Crippen LogP contribution in [0.15, 0.2) is 218 Å². The van der Waals surface area contributed by atoms with E-state index in [0.717, 1.165) is 28.0 Å². The van der Waals surface area contributed by atoms with Crippen molar-refractivity contribution in [3.05, 3.63) is 257 Å². The van der Waals surface area contributed by atoms with Crippen LogP contribution in [0.1, 0.15) is 38.9 Å². The van der Waals surface area contributed by atoms with Gasteiger partial charge in [-0.25, -0.2) is 0 Å². The summed E-state index contributed by atoms with van der Waals surface area (Å²) in [5.74, 6) is 0. The number of para-hydroxylation sites is 1. The van der Waals surface area contributed by atoms with Crippen molar-refractivity contribution in [1.29, 1.82) is 5.41 Å². The summed E-state index contributed by atoms with van der Waals surface area (Å²) in [5.41, 5.74) is 14.8. The molecule has 1 spiro atoms. The molecule has 0 bridgehead atoms. The molecule has 0 unspecified atom stereocenters. The maximum Gasteiger partial charge on any atom is 0.0754 e. The summed E-state index contributed by atoms with van der Waals surface area (Å²) in [5, 5.41) is 14.4. The van der Waals surface area contributed by atoms with Crippen molar-refractivity contribution in [3.8, 4) is 11.1 Å². The smallest absolute Gasteiger partial charge is 0.0754 e. The number of anilines is 3. The molecule has 58 heavy (non-hydrogen) atoms. The van der Waals surface area contributed by atoms with E-state index < -0.39 is 5.41 Å². The standard InChI is InChI=1S/C56H38N2/c57-53(37-42(39-18-6-2-7-19-39)29-28-38-16-4-1-5-17-38)43-32-33-50-48(36-43)47-26-14-15-27-49(47)56(50)51-34-30-40-20-10-12-24-45(40)54(51)58(44-22-8-3-9-23-44)55-46-25-13-11-21-41(46)31-35-52(55)56/h1-37,57H/b29-28+,42-37+,57-53?. The van der Waals surface area contributed by atoms with Crippen molar-refractivity contribution in [2.45, 2.75) is 5.41 Å². The van der Waals surface area contributed by atoms with Gasteiger partial charge in [0.1, 0.15) is 0 Å². The van der Waals surface area contributed by atoms with Crippen molar-refractivity contribution >= 4 is 56.0 Å². The van der Waals surface area contributed by atoms with E-state index in [9.17, 15) is 5.41 Å². The van der Waals surface area contributed by atoms with E-state index in [2.05, 4.69) is 211 Å². The number of hydrogen-bond donors (Lipinski definition) is 1. The van der Waals surface area contributed by atoms with Crippen LogP contribution in [-0.4, -0.2) is 5.71 Å². The van der Waals surface area contributed by atoms with Crippen LogP contribution < -0.4 is 4.90 Å². The molecule has 1 aliphatic carbocycles. The van der Waals surface area contributed by atoms with Crippen molar-refractivity contribution in [2.75, 3.05) is 4.90 Å². The first-order valence-corrected chi connectivity index (χ1v) is 19.9. The summed E-state index contributed by atoms with van der Waals surface area (Å²) in [6.45, 7) is 0. The molecule has 0 aromatic heterocycles. The van der Waals surface area contributed by atoms with Gasteiger partial charge >= 0.3 is 0 Å². The van der Waals surface area contributed by atoms with Crippen LogP contribution in [0.5, 0.6) is 0 Å². The molecule has 11 rings (SSSR count). The molecule has 0 saturated carbocycles. The predicted molar refractivity (Wildman–Crippen MR) is 244 cm³/mol. The van der Waals surface area contributed by atoms with Gasteiger partial charge in [-0.15, -0.1) is 0 Å². The summed E-state index contributed by atoms with van der Waals surface area (Å²) < 4.78 is 0. The molecule has 2 nitrogen and oxygen atoms in total. The zero-order chi connectivity index (χ0) is 38.6. The zero-order valence-corrected chi connectivity index (χ0v) is 31.8. The number of fused-ring (bicyclic) bond motifs is 13. The maximum atomic E-state index is 9.59. The fraction of sp³-hybridized carbons (Fsp3) is 0.0179. The molecule has 2 heteroatoms. The van der Waals surface area contributed by atoms with Gasteiger partial charge in [0, 0.05) is 22.0 Å². The van der Waals surface area contributed by atoms with E-state index in [4.69, 9.17) is 0 Å². The molecule has 1 N–H and O–H groups in total. The van der Waals surface area contributed by atoms with Crippen LogP contribution >= 0.6 is 0 Å². The summed E-state index contributed by atoms with van der Waals surface area (Å²) in [6, 6.07) is 74.2. The average molecular weight is 739 g/mol. The lowest BCUT2D eigenvalue weighted by atomic mass is 9.63. The Kier molecular flexibility index (Phi) is 7.91. The summed E-state index contributed by atoms with van der Waals surface area (Å²) in [6.07, 6.45) is 6.26. The lowest BCUT2D eigenvalue weighted by Crippen LogP contribution is -2.36. The molecular weight excluding hydrogens is 701 g/mol. The number of rotatable bonds is 6. The largest absolute Gasteiger partial charge is 0.309 e. The first kappa shape index (κ1) is 33.8. The lowest BCUT2D eigenvalue weighted by molar-refractivity contribution is 0.756. The van der Waals surface area contributed by atoms with E-state index in [0.29, 0.717) is 5.71 Å². The molecular formula is C56H38N2. The Morgan fingerprint density at radius 1 is 0.448 bits per heavy atom. The van der Waals surface area contributed by atoms with Crippen molar-refractivity contribution in [3.63, 3.8) is 0 Å². The van der Waals surface area contributed by atoms with Gasteiger partial charge < -0.3 is 10.3 Å². The molecule has 0 saturated heterocycles. The zero-order valence-electron chi connectivity index (χ0n) is 31.8. The van der Waals surface area contributed by atoms with Gasteiger partial charge in [-0.3, -0.25) is 0 Å². The fourth-order valence-corrected chi connectivity index (χ4v) is 9.57. The quantitative estimate of drug-likeness (QED) is 0.133. The van der Waals surface area contributed by atoms with E-state index >= 15 is 0 Å². The minimum Gasteiger partial charge on any atom is -0.309 e. The number of nitrogens with one attached hydrogen (secondary N) is 1. The summed E-state index contributed by atoms with van der Waals surface area (Å²) in [7, 11) is 0. The lowest BCUT2D eigenvalue weighted by Gasteiger charge is -2.46. The summed E-state index contributed by atoms with van der Waals surface area (Å²) >= 11 is 0. The molecule has 0 atom stereocenters. The molecule has 272 valence electrons. The number of benzene rings is 9. The van der Waals surface area contributed by atoms with Crippen LogP contribution in [0.2, 0.25) is 0 Å². The number of hydrogen-bond acceptors (Lipinski definition) is 2. The Balaban J connectivity index is 1.17. The topological polar surface area (TPSA) is 27.1 Å². The third-order valence-corrected chi connectivity index (χ3v) is 12.1. The summed E-state index contributed by atoms with van der Waals surface area (Å²) in [4.78, 5) is 2.52. The molecule has 9 aromatic carbocycles. The van der Waals surface area contributed by atoms with Crippen molar-refractivity contribution in [1.82, 2.24) is 0 Å². The van der Waals surface area contributed by atoms with Gasteiger partial charge in [-0.1, -0.05) is 200 Å². The van der Waals surface area contributed by atoms with Gasteiger partial charge in [0.2, 0.25) is 0 Å². The first-order chi connectivity index (χ1) is 28.7. The van der Waals surface area contributed by atoms with Crippen LogP contribution in [-0.2, 0) is 5.41 Å². The monoisotopic (exact) mass is 738 g/mol. The van der Waals surface area contributed by atoms with Crippen LogP contribution in [0.25, 0.3) is 44.3 Å². The molecule has 9 aromatic rings. The van der Waals surface area contributed by atoms with E-state index in [-0.39, 0.29) is 0 Å². The van der Waals surface area contributed by atoms with Gasteiger partial charge in [0.25, 0.3) is 0 Å². The maximum absolute atomic E-state index is 9.59. The highest BCUT2D eigenvalue weighted by atomic mass is 15.2. The van der Waals surface area contributed by atoms with E-state index in [1.807, 2.05) is 18.2 Å². The second-order valence-corrected chi connectivity index (χ2v) is 15.2. The highest BCUT2D eigenvalue weighted by Gasteiger charge is 2.52. The second-order valence-electron chi connectivity index (χ2n) is 15.2. The minimum absolute atomic E-state index is 0.467. The molecule has 0 fully saturated rings. The minimum atomic E-state index is -0.611. The van der Waals surface area contributed by atoms with Crippen molar-refractivity contribution in [2.24, 2.45) is 0 Å². The highest BCUT2D eigenvalue weighted by molar-refractivity contribution is 6.14. The van der Waals surface area contributed by atoms with Gasteiger partial charge in [-0.05, 0) is 85.1 Å². The Labute approximate surface area is 338 Å². The predicted octanol–water partition coefficient (Wildman–Crippen LogP) is 14.3. The fourth-order valence-electron chi connectivity index (χ4n) is 9.57. The molecule has 2 aliphatic rings. The van der Waals surface area contributed by atoms with E-state index in [1.54, 1.807) is 0 Å². The average Bonchev–Trinajstić information content (AvgIpc) is 3.58. The normalized spacial score (nSPS) is 13.7.